The molecular formula is C13H11ClF3NO3. The third-order valence-electron chi connectivity index (χ3n) is 2.75. The van der Waals surface area contributed by atoms with Gasteiger partial charge in [0.2, 0.25) is 6.29 Å². The molecule has 0 saturated heterocycles. The summed E-state index contributed by atoms with van der Waals surface area (Å²) in [5, 5.41) is -0.154. The SMILES string of the molecule is COC(OC)c1nc(Cl)oc1-c1ccc(C(F)(F)F)cc1. The molecule has 0 bridgehead atoms. The zero-order valence-electron chi connectivity index (χ0n) is 11.1. The largest absolute Gasteiger partial charge is 0.427 e. The van der Waals surface area contributed by atoms with E-state index in [1.165, 1.54) is 26.4 Å². The molecule has 21 heavy (non-hydrogen) atoms. The molecule has 1 heterocycles. The number of rotatable bonds is 4. The van der Waals surface area contributed by atoms with Crippen LogP contribution in [0.15, 0.2) is 28.7 Å². The van der Waals surface area contributed by atoms with Gasteiger partial charge in [-0.1, -0.05) is 12.1 Å². The Balaban J connectivity index is 2.42. The average Bonchev–Trinajstić information content (AvgIpc) is 2.81. The van der Waals surface area contributed by atoms with Crippen LogP contribution in [-0.2, 0) is 15.7 Å². The highest BCUT2D eigenvalue weighted by Gasteiger charge is 2.30. The predicted octanol–water partition coefficient (Wildman–Crippen LogP) is 4.31. The van der Waals surface area contributed by atoms with E-state index >= 15 is 0 Å². The van der Waals surface area contributed by atoms with Gasteiger partial charge in [-0.05, 0) is 23.7 Å². The molecule has 0 unspecified atom stereocenters. The summed E-state index contributed by atoms with van der Waals surface area (Å²) >= 11 is 5.71. The van der Waals surface area contributed by atoms with E-state index < -0.39 is 18.0 Å². The monoisotopic (exact) mass is 321 g/mol. The lowest BCUT2D eigenvalue weighted by Crippen LogP contribution is -2.06. The minimum absolute atomic E-state index is 0.154. The molecule has 0 aliphatic heterocycles. The fourth-order valence-electron chi connectivity index (χ4n) is 1.80. The molecule has 2 rings (SSSR count). The van der Waals surface area contributed by atoms with Crippen molar-refractivity contribution < 1.29 is 27.1 Å². The van der Waals surface area contributed by atoms with Gasteiger partial charge >= 0.3 is 6.18 Å². The number of aromatic nitrogens is 1. The summed E-state index contributed by atoms with van der Waals surface area (Å²) in [6.45, 7) is 0. The molecule has 1 aromatic heterocycles. The number of hydrogen-bond acceptors (Lipinski definition) is 4. The maximum Gasteiger partial charge on any atom is 0.416 e. The number of nitrogens with zero attached hydrogens (tertiary/aromatic N) is 1. The summed E-state index contributed by atoms with van der Waals surface area (Å²) < 4.78 is 53.0. The van der Waals surface area contributed by atoms with Crippen LogP contribution in [0.2, 0.25) is 5.35 Å². The van der Waals surface area contributed by atoms with Gasteiger partial charge in [-0.2, -0.15) is 18.2 Å². The fourth-order valence-corrected chi connectivity index (χ4v) is 1.97. The van der Waals surface area contributed by atoms with Crippen LogP contribution in [-0.4, -0.2) is 19.2 Å². The molecule has 2 aromatic rings. The van der Waals surface area contributed by atoms with Crippen molar-refractivity contribution in [1.82, 2.24) is 4.98 Å². The second-order valence-electron chi connectivity index (χ2n) is 4.06. The Morgan fingerprint density at radius 3 is 2.19 bits per heavy atom. The zero-order valence-corrected chi connectivity index (χ0v) is 11.8. The van der Waals surface area contributed by atoms with Crippen molar-refractivity contribution in [2.45, 2.75) is 12.5 Å². The first-order chi connectivity index (χ1) is 9.86. The van der Waals surface area contributed by atoms with Crippen molar-refractivity contribution >= 4 is 11.6 Å². The van der Waals surface area contributed by atoms with Crippen molar-refractivity contribution in [3.8, 4) is 11.3 Å². The Hall–Kier alpha value is -1.57. The smallest absolute Gasteiger partial charge is 0.416 e. The number of methoxy groups -OCH3 is 2. The Kier molecular flexibility index (Phi) is 4.55. The van der Waals surface area contributed by atoms with E-state index in [4.69, 9.17) is 25.5 Å². The van der Waals surface area contributed by atoms with Crippen LogP contribution in [0.3, 0.4) is 0 Å². The van der Waals surface area contributed by atoms with Gasteiger partial charge in [0.1, 0.15) is 5.69 Å². The third-order valence-corrected chi connectivity index (χ3v) is 2.91. The number of benzene rings is 1. The number of oxazole rings is 1. The maximum absolute atomic E-state index is 12.5. The van der Waals surface area contributed by atoms with E-state index in [-0.39, 0.29) is 16.8 Å². The third kappa shape index (κ3) is 3.37. The van der Waals surface area contributed by atoms with Gasteiger partial charge in [-0.15, -0.1) is 0 Å². The highest BCUT2D eigenvalue weighted by atomic mass is 35.5. The summed E-state index contributed by atoms with van der Waals surface area (Å²) in [5.74, 6) is 0.197. The number of ether oxygens (including phenoxy) is 2. The molecule has 0 fully saturated rings. The van der Waals surface area contributed by atoms with Crippen molar-refractivity contribution in [3.63, 3.8) is 0 Å². The molecule has 1 aromatic carbocycles. The molecule has 0 aliphatic carbocycles. The Morgan fingerprint density at radius 2 is 1.71 bits per heavy atom. The van der Waals surface area contributed by atoms with Crippen LogP contribution in [0.4, 0.5) is 13.2 Å². The first kappa shape index (κ1) is 15.8. The Morgan fingerprint density at radius 1 is 1.14 bits per heavy atom. The number of halogens is 4. The van der Waals surface area contributed by atoms with Gasteiger partial charge < -0.3 is 13.9 Å². The Labute approximate surface area is 123 Å². The van der Waals surface area contributed by atoms with Crippen molar-refractivity contribution in [1.29, 1.82) is 0 Å². The normalized spacial score (nSPS) is 12.1. The van der Waals surface area contributed by atoms with E-state index in [1.54, 1.807) is 0 Å². The van der Waals surface area contributed by atoms with Gasteiger partial charge in [0.05, 0.1) is 5.56 Å². The summed E-state index contributed by atoms with van der Waals surface area (Å²) in [5.41, 5.74) is -0.116. The molecule has 0 spiro atoms. The minimum Gasteiger partial charge on any atom is -0.427 e. The summed E-state index contributed by atoms with van der Waals surface area (Å²) in [6.07, 6.45) is -5.24. The fraction of sp³-hybridized carbons (Fsp3) is 0.308. The standard InChI is InChI=1S/C13H11ClF3NO3/c1-19-11(20-2)9-10(21-12(14)18-9)7-3-5-8(6-4-7)13(15,16)17/h3-6,11H,1-2H3. The van der Waals surface area contributed by atoms with E-state index in [2.05, 4.69) is 4.98 Å². The predicted molar refractivity (Wildman–Crippen MR) is 68.7 cm³/mol. The van der Waals surface area contributed by atoms with Gasteiger partial charge in [0, 0.05) is 19.8 Å². The van der Waals surface area contributed by atoms with E-state index in [0.29, 0.717) is 5.56 Å². The highest BCUT2D eigenvalue weighted by molar-refractivity contribution is 6.27. The minimum atomic E-state index is -4.40. The second-order valence-corrected chi connectivity index (χ2v) is 4.38. The van der Waals surface area contributed by atoms with Crippen LogP contribution in [0.1, 0.15) is 17.5 Å². The quantitative estimate of drug-likeness (QED) is 0.787. The highest BCUT2D eigenvalue weighted by Crippen LogP contribution is 2.35. The van der Waals surface area contributed by atoms with E-state index in [9.17, 15) is 13.2 Å². The lowest BCUT2D eigenvalue weighted by Gasteiger charge is -2.12. The van der Waals surface area contributed by atoms with Crippen LogP contribution in [0.5, 0.6) is 0 Å². The summed E-state index contributed by atoms with van der Waals surface area (Å²) in [6, 6.07) is 4.44. The van der Waals surface area contributed by atoms with Crippen LogP contribution in [0, 0.1) is 0 Å². The number of alkyl halides is 3. The molecule has 0 saturated carbocycles. The van der Waals surface area contributed by atoms with Crippen molar-refractivity contribution in [2.24, 2.45) is 0 Å². The lowest BCUT2D eigenvalue weighted by atomic mass is 10.1. The molecular weight excluding hydrogens is 311 g/mol. The van der Waals surface area contributed by atoms with Crippen LogP contribution in [0.25, 0.3) is 11.3 Å². The van der Waals surface area contributed by atoms with Crippen molar-refractivity contribution in [3.05, 3.63) is 40.9 Å². The lowest BCUT2D eigenvalue weighted by molar-refractivity contribution is -0.137. The maximum atomic E-state index is 12.5. The van der Waals surface area contributed by atoms with E-state index in [0.717, 1.165) is 12.1 Å². The summed E-state index contributed by atoms with van der Waals surface area (Å²) in [7, 11) is 2.79. The summed E-state index contributed by atoms with van der Waals surface area (Å²) in [4.78, 5) is 3.93. The first-order valence-electron chi connectivity index (χ1n) is 5.76. The van der Waals surface area contributed by atoms with Crippen LogP contribution < -0.4 is 0 Å². The molecule has 4 nitrogen and oxygen atoms in total. The van der Waals surface area contributed by atoms with Gasteiger partial charge in [0.25, 0.3) is 5.35 Å². The van der Waals surface area contributed by atoms with Crippen molar-refractivity contribution in [2.75, 3.05) is 14.2 Å². The molecule has 0 atom stereocenters. The topological polar surface area (TPSA) is 44.5 Å². The molecule has 0 radical (unpaired) electrons. The second kappa shape index (κ2) is 6.05. The van der Waals surface area contributed by atoms with Gasteiger partial charge in [-0.25, -0.2) is 0 Å². The zero-order chi connectivity index (χ0) is 15.6. The van der Waals surface area contributed by atoms with Crippen LogP contribution >= 0.6 is 11.6 Å². The molecule has 0 amide bonds. The number of hydrogen-bond donors (Lipinski definition) is 0. The molecule has 0 N–H and O–H groups in total. The first-order valence-corrected chi connectivity index (χ1v) is 6.14. The molecule has 8 heteroatoms. The molecule has 0 aliphatic rings. The molecule has 114 valence electrons. The Bertz CT molecular complexity index is 606. The average molecular weight is 322 g/mol. The van der Waals surface area contributed by atoms with Gasteiger partial charge in [0.15, 0.2) is 5.76 Å². The van der Waals surface area contributed by atoms with E-state index in [1.807, 2.05) is 0 Å². The van der Waals surface area contributed by atoms with Gasteiger partial charge in [-0.3, -0.25) is 0 Å².